The number of methoxy groups -OCH3 is 1. The molecule has 0 aliphatic heterocycles. The maximum absolute atomic E-state index is 10.4. The molecular formula is C6H10N2O3. The first-order valence-electron chi connectivity index (χ1n) is 2.94. The molecule has 0 aromatic carbocycles. The number of urea groups is 1. The van der Waals surface area contributed by atoms with Gasteiger partial charge < -0.3 is 15.8 Å². The van der Waals surface area contributed by atoms with Crippen molar-refractivity contribution in [1.29, 1.82) is 0 Å². The lowest BCUT2D eigenvalue weighted by Crippen LogP contribution is -2.29. The van der Waals surface area contributed by atoms with Gasteiger partial charge in [-0.15, -0.1) is 0 Å². The zero-order valence-corrected chi connectivity index (χ0v) is 6.16. The first kappa shape index (κ1) is 9.48. The summed E-state index contributed by atoms with van der Waals surface area (Å²) in [5.74, 6) is -0.462. The molecule has 0 aliphatic rings. The molecule has 62 valence electrons. The van der Waals surface area contributed by atoms with Crippen LogP contribution in [0.25, 0.3) is 0 Å². The zero-order valence-electron chi connectivity index (χ0n) is 6.16. The maximum Gasteiger partial charge on any atom is 0.330 e. The molecule has 0 aromatic rings. The third-order valence-electron chi connectivity index (χ3n) is 0.849. The summed E-state index contributed by atoms with van der Waals surface area (Å²) < 4.78 is 4.29. The van der Waals surface area contributed by atoms with E-state index in [9.17, 15) is 9.59 Å². The SMILES string of the molecule is COC(=O)/C=C/CNC(N)=O. The van der Waals surface area contributed by atoms with Crippen LogP contribution in [0.5, 0.6) is 0 Å². The standard InChI is InChI=1S/C6H10N2O3/c1-11-5(9)3-2-4-8-6(7)10/h2-3H,4H2,1H3,(H3,7,8,10)/b3-2+. The number of amides is 2. The van der Waals surface area contributed by atoms with E-state index in [1.165, 1.54) is 19.3 Å². The number of rotatable bonds is 3. The monoisotopic (exact) mass is 158 g/mol. The van der Waals surface area contributed by atoms with E-state index in [0.717, 1.165) is 0 Å². The van der Waals surface area contributed by atoms with E-state index in [-0.39, 0.29) is 6.54 Å². The molecule has 0 heterocycles. The maximum atomic E-state index is 10.4. The number of nitrogens with two attached hydrogens (primary N) is 1. The van der Waals surface area contributed by atoms with Gasteiger partial charge in [-0.3, -0.25) is 0 Å². The fraction of sp³-hybridized carbons (Fsp3) is 0.333. The molecule has 5 heteroatoms. The van der Waals surface area contributed by atoms with Crippen LogP contribution in [0, 0.1) is 0 Å². The summed E-state index contributed by atoms with van der Waals surface area (Å²) in [5.41, 5.74) is 4.74. The number of hydrogen-bond acceptors (Lipinski definition) is 3. The number of esters is 1. The number of nitrogens with one attached hydrogen (secondary N) is 1. The van der Waals surface area contributed by atoms with Gasteiger partial charge in [-0.2, -0.15) is 0 Å². The normalized spacial score (nSPS) is 9.55. The van der Waals surface area contributed by atoms with Crippen LogP contribution in [0.15, 0.2) is 12.2 Å². The average molecular weight is 158 g/mol. The number of primary amides is 1. The molecule has 0 radical (unpaired) electrons. The Bertz CT molecular complexity index is 177. The predicted octanol–water partition coefficient (Wildman–Crippen LogP) is -0.616. The number of carbonyl (C=O) groups excluding carboxylic acids is 2. The van der Waals surface area contributed by atoms with Crippen LogP contribution in [-0.4, -0.2) is 25.7 Å². The van der Waals surface area contributed by atoms with Crippen LogP contribution >= 0.6 is 0 Å². The highest BCUT2D eigenvalue weighted by atomic mass is 16.5. The molecule has 3 N–H and O–H groups in total. The number of hydrogen-bond donors (Lipinski definition) is 2. The summed E-state index contributed by atoms with van der Waals surface area (Å²) in [6, 6.07) is -0.625. The topological polar surface area (TPSA) is 81.4 Å². The van der Waals surface area contributed by atoms with Crippen LogP contribution in [0.3, 0.4) is 0 Å². The lowest BCUT2D eigenvalue weighted by molar-refractivity contribution is -0.134. The van der Waals surface area contributed by atoms with Crippen LogP contribution < -0.4 is 11.1 Å². The number of ether oxygens (including phenoxy) is 1. The molecule has 5 nitrogen and oxygen atoms in total. The van der Waals surface area contributed by atoms with Crippen LogP contribution in [-0.2, 0) is 9.53 Å². The van der Waals surface area contributed by atoms with Gasteiger partial charge in [-0.1, -0.05) is 6.08 Å². The van der Waals surface area contributed by atoms with E-state index in [1.807, 2.05) is 0 Å². The van der Waals surface area contributed by atoms with Gasteiger partial charge in [0.25, 0.3) is 0 Å². The molecule has 0 atom stereocenters. The van der Waals surface area contributed by atoms with Crippen molar-refractivity contribution >= 4 is 12.0 Å². The predicted molar refractivity (Wildman–Crippen MR) is 38.7 cm³/mol. The summed E-state index contributed by atoms with van der Waals surface area (Å²) in [5, 5.41) is 2.27. The summed E-state index contributed by atoms with van der Waals surface area (Å²) in [6.45, 7) is 0.227. The third kappa shape index (κ3) is 6.36. The van der Waals surface area contributed by atoms with Crippen molar-refractivity contribution in [1.82, 2.24) is 5.32 Å². The zero-order chi connectivity index (χ0) is 8.69. The molecule has 0 rings (SSSR count). The molecule has 0 unspecified atom stereocenters. The Hall–Kier alpha value is -1.52. The fourth-order valence-electron chi connectivity index (χ4n) is 0.383. The van der Waals surface area contributed by atoms with Crippen molar-refractivity contribution in [2.75, 3.05) is 13.7 Å². The third-order valence-corrected chi connectivity index (χ3v) is 0.849. The second kappa shape index (κ2) is 5.28. The summed E-state index contributed by atoms with van der Waals surface area (Å²) >= 11 is 0. The molecular weight excluding hydrogens is 148 g/mol. The van der Waals surface area contributed by atoms with E-state index in [4.69, 9.17) is 5.73 Å². The summed E-state index contributed by atoms with van der Waals surface area (Å²) in [6.07, 6.45) is 2.65. The highest BCUT2D eigenvalue weighted by molar-refractivity contribution is 5.81. The van der Waals surface area contributed by atoms with Gasteiger partial charge in [0, 0.05) is 12.6 Å². The summed E-state index contributed by atoms with van der Waals surface area (Å²) in [4.78, 5) is 20.5. The number of carbonyl (C=O) groups is 2. The van der Waals surface area contributed by atoms with Crippen molar-refractivity contribution in [3.05, 3.63) is 12.2 Å². The van der Waals surface area contributed by atoms with Crippen molar-refractivity contribution < 1.29 is 14.3 Å². The Labute approximate surface area is 64.2 Å². The second-order valence-corrected chi connectivity index (χ2v) is 1.67. The minimum Gasteiger partial charge on any atom is -0.466 e. The van der Waals surface area contributed by atoms with Crippen molar-refractivity contribution in [2.45, 2.75) is 0 Å². The van der Waals surface area contributed by atoms with Crippen molar-refractivity contribution in [3.63, 3.8) is 0 Å². The first-order valence-corrected chi connectivity index (χ1v) is 2.94. The van der Waals surface area contributed by atoms with Crippen LogP contribution in [0.1, 0.15) is 0 Å². The molecule has 0 saturated carbocycles. The Morgan fingerprint density at radius 2 is 2.27 bits per heavy atom. The van der Waals surface area contributed by atoms with E-state index in [1.54, 1.807) is 0 Å². The van der Waals surface area contributed by atoms with E-state index in [0.29, 0.717) is 0 Å². The van der Waals surface area contributed by atoms with Gasteiger partial charge in [0.1, 0.15) is 0 Å². The Balaban J connectivity index is 3.45. The molecule has 0 fully saturated rings. The van der Waals surface area contributed by atoms with Crippen molar-refractivity contribution in [3.8, 4) is 0 Å². The summed E-state index contributed by atoms with van der Waals surface area (Å²) in [7, 11) is 1.27. The van der Waals surface area contributed by atoms with E-state index in [2.05, 4.69) is 10.1 Å². The lowest BCUT2D eigenvalue weighted by Gasteiger charge is -1.93. The molecule has 11 heavy (non-hydrogen) atoms. The van der Waals surface area contributed by atoms with Gasteiger partial charge in [0.05, 0.1) is 7.11 Å². The highest BCUT2D eigenvalue weighted by Gasteiger charge is 1.89. The Morgan fingerprint density at radius 3 is 2.73 bits per heavy atom. The molecule has 0 aliphatic carbocycles. The van der Waals surface area contributed by atoms with Gasteiger partial charge in [0.2, 0.25) is 0 Å². The minimum absolute atomic E-state index is 0.227. The molecule has 0 aromatic heterocycles. The molecule has 0 bridgehead atoms. The highest BCUT2D eigenvalue weighted by Crippen LogP contribution is 1.75. The van der Waals surface area contributed by atoms with Crippen LogP contribution in [0.2, 0.25) is 0 Å². The Kier molecular flexibility index (Phi) is 4.55. The minimum atomic E-state index is -0.625. The van der Waals surface area contributed by atoms with E-state index < -0.39 is 12.0 Å². The Morgan fingerprint density at radius 1 is 1.64 bits per heavy atom. The quantitative estimate of drug-likeness (QED) is 0.424. The van der Waals surface area contributed by atoms with E-state index >= 15 is 0 Å². The first-order chi connectivity index (χ1) is 5.16. The van der Waals surface area contributed by atoms with Crippen LogP contribution in [0.4, 0.5) is 4.79 Å². The molecule has 0 spiro atoms. The van der Waals surface area contributed by atoms with Crippen molar-refractivity contribution in [2.24, 2.45) is 5.73 Å². The second-order valence-electron chi connectivity index (χ2n) is 1.67. The fourth-order valence-corrected chi connectivity index (χ4v) is 0.383. The smallest absolute Gasteiger partial charge is 0.330 e. The average Bonchev–Trinajstić information content (AvgIpc) is 1.97. The van der Waals surface area contributed by atoms with Gasteiger partial charge in [0.15, 0.2) is 0 Å². The van der Waals surface area contributed by atoms with Gasteiger partial charge in [-0.05, 0) is 0 Å². The molecule has 0 saturated heterocycles. The van der Waals surface area contributed by atoms with Gasteiger partial charge >= 0.3 is 12.0 Å². The lowest BCUT2D eigenvalue weighted by atomic mass is 10.5. The largest absolute Gasteiger partial charge is 0.466 e. The molecule has 2 amide bonds. The van der Waals surface area contributed by atoms with Gasteiger partial charge in [-0.25, -0.2) is 9.59 Å².